The second-order valence-electron chi connectivity index (χ2n) is 5.62. The zero-order chi connectivity index (χ0) is 17.6. The molecule has 1 atom stereocenters. The number of aromatic nitrogens is 1. The molecule has 6 nitrogen and oxygen atoms in total. The van der Waals surface area contributed by atoms with Gasteiger partial charge in [0.2, 0.25) is 0 Å². The molecule has 0 aliphatic heterocycles. The van der Waals surface area contributed by atoms with Crippen LogP contribution in [0.1, 0.15) is 25.6 Å². The van der Waals surface area contributed by atoms with E-state index >= 15 is 0 Å². The molecule has 7 heteroatoms. The smallest absolute Gasteiger partial charge is 0.319 e. The van der Waals surface area contributed by atoms with Gasteiger partial charge in [-0.2, -0.15) is 0 Å². The maximum Gasteiger partial charge on any atom is 0.319 e. The maximum absolute atomic E-state index is 12.3. The molecule has 0 bridgehead atoms. The quantitative estimate of drug-likeness (QED) is 0.667. The van der Waals surface area contributed by atoms with Crippen molar-refractivity contribution in [3.8, 4) is 0 Å². The fourth-order valence-electron chi connectivity index (χ4n) is 2.86. The van der Waals surface area contributed by atoms with E-state index in [1.165, 1.54) is 0 Å². The van der Waals surface area contributed by atoms with Gasteiger partial charge in [0, 0.05) is 12.2 Å². The summed E-state index contributed by atoms with van der Waals surface area (Å²) in [5, 5.41) is 5.81. The van der Waals surface area contributed by atoms with E-state index in [2.05, 4.69) is 34.4 Å². The van der Waals surface area contributed by atoms with Crippen LogP contribution in [0.15, 0.2) is 46.5 Å². The van der Waals surface area contributed by atoms with E-state index in [-0.39, 0.29) is 12.1 Å². The molecule has 2 aromatic heterocycles. The summed E-state index contributed by atoms with van der Waals surface area (Å²) in [6.45, 7) is 6.43. The van der Waals surface area contributed by atoms with Gasteiger partial charge in [-0.1, -0.05) is 13.8 Å². The van der Waals surface area contributed by atoms with Gasteiger partial charge in [0.25, 0.3) is 0 Å². The molecular weight excluding hydrogens is 336 g/mol. The molecule has 3 aromatic rings. The number of nitrogens with zero attached hydrogens (tertiary/aromatic N) is 2. The molecule has 3 rings (SSSR count). The van der Waals surface area contributed by atoms with Crippen molar-refractivity contribution in [2.24, 2.45) is 0 Å². The average molecular weight is 358 g/mol. The summed E-state index contributed by atoms with van der Waals surface area (Å²) in [7, 11) is 0. The molecule has 0 aliphatic rings. The lowest BCUT2D eigenvalue weighted by Gasteiger charge is -2.28. The van der Waals surface area contributed by atoms with Gasteiger partial charge in [0.1, 0.15) is 5.76 Å². The van der Waals surface area contributed by atoms with Crippen molar-refractivity contribution >= 4 is 33.3 Å². The lowest BCUT2D eigenvalue weighted by atomic mass is 10.2. The second kappa shape index (κ2) is 8.13. The number of hydrogen-bond donors (Lipinski definition) is 2. The SMILES string of the molecule is CCN(CC)C(CNC(=O)Nc1ccc2scnc2c1)c1ccco1. The first-order valence-corrected chi connectivity index (χ1v) is 9.24. The molecule has 0 saturated heterocycles. The van der Waals surface area contributed by atoms with Crippen LogP contribution in [0.4, 0.5) is 10.5 Å². The summed E-state index contributed by atoms with van der Waals surface area (Å²) in [6.07, 6.45) is 1.66. The molecular formula is C18H22N4O2S. The Kier molecular flexibility index (Phi) is 5.67. The summed E-state index contributed by atoms with van der Waals surface area (Å²) in [4.78, 5) is 18.8. The number of benzene rings is 1. The second-order valence-corrected chi connectivity index (χ2v) is 6.51. The lowest BCUT2D eigenvalue weighted by Crippen LogP contribution is -2.39. The van der Waals surface area contributed by atoms with E-state index in [1.807, 2.05) is 30.3 Å². The van der Waals surface area contributed by atoms with Crippen LogP contribution in [0.3, 0.4) is 0 Å². The molecule has 2 amide bonds. The van der Waals surface area contributed by atoms with Crippen LogP contribution in [0, 0.1) is 0 Å². The molecule has 0 spiro atoms. The highest BCUT2D eigenvalue weighted by Crippen LogP contribution is 2.22. The molecule has 2 N–H and O–H groups in total. The molecule has 0 fully saturated rings. The van der Waals surface area contributed by atoms with Crippen molar-refractivity contribution in [1.82, 2.24) is 15.2 Å². The molecule has 132 valence electrons. The molecule has 0 radical (unpaired) electrons. The fourth-order valence-corrected chi connectivity index (χ4v) is 3.51. The van der Waals surface area contributed by atoms with Crippen LogP contribution in [0.5, 0.6) is 0 Å². The van der Waals surface area contributed by atoms with Crippen LogP contribution in [-0.2, 0) is 0 Å². The number of nitrogens with one attached hydrogen (secondary N) is 2. The van der Waals surface area contributed by atoms with Gasteiger partial charge in [-0.15, -0.1) is 11.3 Å². The van der Waals surface area contributed by atoms with Crippen LogP contribution in [0.2, 0.25) is 0 Å². The number of amides is 2. The van der Waals surface area contributed by atoms with E-state index in [9.17, 15) is 4.79 Å². The first kappa shape index (κ1) is 17.4. The highest BCUT2D eigenvalue weighted by atomic mass is 32.1. The van der Waals surface area contributed by atoms with Crippen molar-refractivity contribution in [3.63, 3.8) is 0 Å². The minimum atomic E-state index is -0.238. The Labute approximate surface area is 150 Å². The van der Waals surface area contributed by atoms with E-state index < -0.39 is 0 Å². The predicted molar refractivity (Wildman–Crippen MR) is 101 cm³/mol. The van der Waals surface area contributed by atoms with Gasteiger partial charge >= 0.3 is 6.03 Å². The van der Waals surface area contributed by atoms with Crippen molar-refractivity contribution < 1.29 is 9.21 Å². The van der Waals surface area contributed by atoms with Crippen molar-refractivity contribution in [2.75, 3.05) is 25.0 Å². The molecule has 0 aliphatic carbocycles. The Morgan fingerprint density at radius 1 is 1.32 bits per heavy atom. The van der Waals surface area contributed by atoms with E-state index in [0.717, 1.165) is 34.8 Å². The maximum atomic E-state index is 12.3. The summed E-state index contributed by atoms with van der Waals surface area (Å²) < 4.78 is 6.65. The molecule has 25 heavy (non-hydrogen) atoms. The Morgan fingerprint density at radius 2 is 2.16 bits per heavy atom. The molecule has 0 saturated carbocycles. The van der Waals surface area contributed by atoms with Gasteiger partial charge < -0.3 is 15.1 Å². The van der Waals surface area contributed by atoms with Crippen molar-refractivity contribution in [2.45, 2.75) is 19.9 Å². The topological polar surface area (TPSA) is 70.4 Å². The van der Waals surface area contributed by atoms with Gasteiger partial charge in [-0.25, -0.2) is 9.78 Å². The Bertz CT molecular complexity index is 811. The third-order valence-electron chi connectivity index (χ3n) is 4.17. The number of fused-ring (bicyclic) bond motifs is 1. The summed E-state index contributed by atoms with van der Waals surface area (Å²) >= 11 is 1.58. The van der Waals surface area contributed by atoms with Gasteiger partial charge in [-0.05, 0) is 43.4 Å². The first-order chi connectivity index (χ1) is 12.2. The summed E-state index contributed by atoms with van der Waals surface area (Å²) in [5.41, 5.74) is 3.42. The number of urea groups is 1. The first-order valence-electron chi connectivity index (χ1n) is 8.36. The van der Waals surface area contributed by atoms with Crippen molar-refractivity contribution in [1.29, 1.82) is 0 Å². The Morgan fingerprint density at radius 3 is 2.88 bits per heavy atom. The minimum absolute atomic E-state index is 0.0109. The van der Waals surface area contributed by atoms with Crippen LogP contribution in [-0.4, -0.2) is 35.5 Å². The van der Waals surface area contributed by atoms with Crippen LogP contribution >= 0.6 is 11.3 Å². The Hall–Kier alpha value is -2.38. The third-order valence-corrected chi connectivity index (χ3v) is 4.98. The number of carbonyl (C=O) groups is 1. The molecule has 1 aromatic carbocycles. The Balaban J connectivity index is 1.62. The highest BCUT2D eigenvalue weighted by Gasteiger charge is 2.21. The normalized spacial score (nSPS) is 12.4. The average Bonchev–Trinajstić information content (AvgIpc) is 3.29. The molecule has 2 heterocycles. The van der Waals surface area contributed by atoms with E-state index in [4.69, 9.17) is 4.42 Å². The van der Waals surface area contributed by atoms with Gasteiger partial charge in [0.15, 0.2) is 0 Å². The third kappa shape index (κ3) is 4.18. The largest absolute Gasteiger partial charge is 0.468 e. The predicted octanol–water partition coefficient (Wildman–Crippen LogP) is 4.09. The number of hydrogen-bond acceptors (Lipinski definition) is 5. The summed E-state index contributed by atoms with van der Waals surface area (Å²) in [6, 6.07) is 9.31. The van der Waals surface area contributed by atoms with Crippen LogP contribution in [0.25, 0.3) is 10.2 Å². The standard InChI is InChI=1S/C18H22N4O2S/c1-3-22(4-2)15(16-6-5-9-24-16)11-19-18(23)21-13-7-8-17-14(10-13)20-12-25-17/h5-10,12,15H,3-4,11H2,1-2H3,(H2,19,21,23). The van der Waals surface area contributed by atoms with Crippen molar-refractivity contribution in [3.05, 3.63) is 47.9 Å². The highest BCUT2D eigenvalue weighted by molar-refractivity contribution is 7.16. The zero-order valence-corrected chi connectivity index (χ0v) is 15.2. The lowest BCUT2D eigenvalue weighted by molar-refractivity contribution is 0.188. The van der Waals surface area contributed by atoms with Crippen LogP contribution < -0.4 is 10.6 Å². The monoisotopic (exact) mass is 358 g/mol. The summed E-state index contributed by atoms with van der Waals surface area (Å²) in [5.74, 6) is 0.855. The van der Waals surface area contributed by atoms with E-state index in [1.54, 1.807) is 23.1 Å². The van der Waals surface area contributed by atoms with Gasteiger partial charge in [0.05, 0.1) is 28.0 Å². The minimum Gasteiger partial charge on any atom is -0.468 e. The fraction of sp³-hybridized carbons (Fsp3) is 0.333. The van der Waals surface area contributed by atoms with Gasteiger partial charge in [-0.3, -0.25) is 4.90 Å². The number of rotatable bonds is 7. The number of likely N-dealkylation sites (N-methyl/N-ethyl adjacent to an activating group) is 1. The molecule has 1 unspecified atom stereocenters. The number of thiazole rings is 1. The number of anilines is 1. The van der Waals surface area contributed by atoms with E-state index in [0.29, 0.717) is 6.54 Å². The number of furan rings is 1. The zero-order valence-electron chi connectivity index (χ0n) is 14.4. The number of carbonyl (C=O) groups excluding carboxylic acids is 1.